The molecule has 1 aliphatic heterocycles. The maximum absolute atomic E-state index is 12.8. The van der Waals surface area contributed by atoms with Crippen LogP contribution < -0.4 is 19.7 Å². The Bertz CT molecular complexity index is 1020. The van der Waals surface area contributed by atoms with Gasteiger partial charge in [0.15, 0.2) is 19.0 Å². The van der Waals surface area contributed by atoms with Gasteiger partial charge in [0, 0.05) is 19.2 Å². The molecule has 0 saturated carbocycles. The molecule has 1 unspecified atom stereocenters. The highest BCUT2D eigenvalue weighted by Gasteiger charge is 2.33. The molecule has 2 amide bonds. The van der Waals surface area contributed by atoms with Crippen LogP contribution in [0.4, 0.5) is 5.69 Å². The lowest BCUT2D eigenvalue weighted by Gasteiger charge is -2.33. The summed E-state index contributed by atoms with van der Waals surface area (Å²) in [6.07, 6.45) is 0. The summed E-state index contributed by atoms with van der Waals surface area (Å²) in [6.45, 7) is 5.99. The number of anilines is 1. The first-order valence-electron chi connectivity index (χ1n) is 10.4. The molecule has 0 radical (unpaired) electrons. The molecule has 0 bridgehead atoms. The van der Waals surface area contributed by atoms with Crippen molar-refractivity contribution in [2.24, 2.45) is 0 Å². The maximum Gasteiger partial charge on any atom is 0.265 e. The summed E-state index contributed by atoms with van der Waals surface area (Å²) < 4.78 is 16.1. The van der Waals surface area contributed by atoms with E-state index in [1.54, 1.807) is 32.2 Å². The Kier molecular flexibility index (Phi) is 7.48. The average molecular weight is 440 g/mol. The van der Waals surface area contributed by atoms with Crippen molar-refractivity contribution in [3.8, 4) is 11.5 Å². The van der Waals surface area contributed by atoms with E-state index >= 15 is 0 Å². The number of carbonyl (C=O) groups is 3. The van der Waals surface area contributed by atoms with Crippen molar-refractivity contribution in [2.45, 2.75) is 26.8 Å². The second kappa shape index (κ2) is 10.3. The number of ketones is 1. The average Bonchev–Trinajstić information content (AvgIpc) is 2.78. The SMILES string of the molecule is COCCNC(=O)C(C)N1C(=O)COc2ccc(C(=O)COc3ccc(C)c(C)c3)cc21. The number of fused-ring (bicyclic) bond motifs is 1. The molecule has 3 rings (SSSR count). The third-order valence-corrected chi connectivity index (χ3v) is 5.38. The van der Waals surface area contributed by atoms with Crippen LogP contribution in [0.25, 0.3) is 0 Å². The Morgan fingerprint density at radius 1 is 1.16 bits per heavy atom. The van der Waals surface area contributed by atoms with E-state index in [4.69, 9.17) is 14.2 Å². The van der Waals surface area contributed by atoms with Crippen molar-refractivity contribution >= 4 is 23.3 Å². The van der Waals surface area contributed by atoms with E-state index in [-0.39, 0.29) is 30.8 Å². The summed E-state index contributed by atoms with van der Waals surface area (Å²) in [4.78, 5) is 39.2. The summed E-state index contributed by atoms with van der Waals surface area (Å²) >= 11 is 0. The Balaban J connectivity index is 1.76. The van der Waals surface area contributed by atoms with Gasteiger partial charge in [-0.2, -0.15) is 0 Å². The van der Waals surface area contributed by atoms with E-state index in [1.807, 2.05) is 32.0 Å². The predicted octanol–water partition coefficient (Wildman–Crippen LogP) is 2.44. The number of carbonyl (C=O) groups excluding carboxylic acids is 3. The number of aryl methyl sites for hydroxylation is 2. The number of amides is 2. The molecule has 1 aliphatic rings. The van der Waals surface area contributed by atoms with E-state index < -0.39 is 6.04 Å². The lowest BCUT2D eigenvalue weighted by atomic mass is 10.1. The minimum absolute atomic E-state index is 0.150. The van der Waals surface area contributed by atoms with Crippen LogP contribution in [-0.2, 0) is 14.3 Å². The van der Waals surface area contributed by atoms with Gasteiger partial charge in [0.1, 0.15) is 17.5 Å². The van der Waals surface area contributed by atoms with Crippen LogP contribution in [0.1, 0.15) is 28.4 Å². The molecule has 0 spiro atoms. The highest BCUT2D eigenvalue weighted by molar-refractivity contribution is 6.05. The Morgan fingerprint density at radius 2 is 1.94 bits per heavy atom. The van der Waals surface area contributed by atoms with Crippen molar-refractivity contribution in [3.63, 3.8) is 0 Å². The van der Waals surface area contributed by atoms with Gasteiger partial charge in [0.05, 0.1) is 12.3 Å². The number of Topliss-reactive ketones (excluding diaryl/α,β-unsaturated/α-hetero) is 1. The van der Waals surface area contributed by atoms with Gasteiger partial charge >= 0.3 is 0 Å². The van der Waals surface area contributed by atoms with Gasteiger partial charge in [0.2, 0.25) is 5.91 Å². The van der Waals surface area contributed by atoms with Crippen LogP contribution in [0.5, 0.6) is 11.5 Å². The number of methoxy groups -OCH3 is 1. The van der Waals surface area contributed by atoms with E-state index in [1.165, 1.54) is 4.90 Å². The number of nitrogens with zero attached hydrogens (tertiary/aromatic N) is 1. The van der Waals surface area contributed by atoms with Crippen molar-refractivity contribution in [1.82, 2.24) is 5.32 Å². The first-order valence-corrected chi connectivity index (χ1v) is 10.4. The normalized spacial score (nSPS) is 13.8. The van der Waals surface area contributed by atoms with E-state index in [0.29, 0.717) is 35.9 Å². The molecule has 0 saturated heterocycles. The van der Waals surface area contributed by atoms with E-state index in [9.17, 15) is 14.4 Å². The molecule has 2 aromatic rings. The molecule has 1 N–H and O–H groups in total. The zero-order valence-electron chi connectivity index (χ0n) is 18.8. The largest absolute Gasteiger partial charge is 0.485 e. The highest BCUT2D eigenvalue weighted by atomic mass is 16.5. The lowest BCUT2D eigenvalue weighted by molar-refractivity contribution is -0.127. The lowest BCUT2D eigenvalue weighted by Crippen LogP contribution is -2.51. The minimum atomic E-state index is -0.779. The van der Waals surface area contributed by atoms with Crippen LogP contribution in [-0.4, -0.2) is 57.1 Å². The first-order chi connectivity index (χ1) is 15.3. The van der Waals surface area contributed by atoms with Gasteiger partial charge < -0.3 is 19.5 Å². The van der Waals surface area contributed by atoms with Crippen LogP contribution >= 0.6 is 0 Å². The molecule has 8 heteroatoms. The molecule has 32 heavy (non-hydrogen) atoms. The molecule has 1 atom stereocenters. The summed E-state index contributed by atoms with van der Waals surface area (Å²) in [7, 11) is 1.54. The quantitative estimate of drug-likeness (QED) is 0.476. The number of hydrogen-bond donors (Lipinski definition) is 1. The first kappa shape index (κ1) is 23.3. The second-order valence-corrected chi connectivity index (χ2v) is 7.65. The molecule has 170 valence electrons. The number of ether oxygens (including phenoxy) is 3. The third kappa shape index (κ3) is 5.26. The van der Waals surface area contributed by atoms with Crippen molar-refractivity contribution in [1.29, 1.82) is 0 Å². The monoisotopic (exact) mass is 440 g/mol. The third-order valence-electron chi connectivity index (χ3n) is 5.38. The van der Waals surface area contributed by atoms with Gasteiger partial charge in [0.25, 0.3) is 5.91 Å². The van der Waals surface area contributed by atoms with Crippen LogP contribution in [0.3, 0.4) is 0 Å². The second-order valence-electron chi connectivity index (χ2n) is 7.65. The molecule has 2 aromatic carbocycles. The van der Waals surface area contributed by atoms with Gasteiger partial charge in [-0.05, 0) is 62.2 Å². The van der Waals surface area contributed by atoms with Crippen molar-refractivity contribution in [3.05, 3.63) is 53.1 Å². The van der Waals surface area contributed by atoms with Gasteiger partial charge in [-0.3, -0.25) is 19.3 Å². The van der Waals surface area contributed by atoms with Crippen LogP contribution in [0.15, 0.2) is 36.4 Å². The standard InChI is InChI=1S/C24H28N2O6/c1-15-5-7-19(11-16(15)2)31-13-21(27)18-6-8-22-20(12-18)26(23(28)14-32-22)17(3)24(29)25-9-10-30-4/h5-8,11-12,17H,9-10,13-14H2,1-4H3,(H,25,29). The summed E-state index contributed by atoms with van der Waals surface area (Å²) in [5.41, 5.74) is 2.96. The minimum Gasteiger partial charge on any atom is -0.485 e. The van der Waals surface area contributed by atoms with E-state index in [0.717, 1.165) is 11.1 Å². The number of benzene rings is 2. The predicted molar refractivity (Wildman–Crippen MR) is 120 cm³/mol. The Labute approximate surface area is 187 Å². The maximum atomic E-state index is 12.8. The van der Waals surface area contributed by atoms with Crippen LogP contribution in [0.2, 0.25) is 0 Å². The van der Waals surface area contributed by atoms with Gasteiger partial charge in [-0.1, -0.05) is 6.07 Å². The molecule has 0 aromatic heterocycles. The summed E-state index contributed by atoms with van der Waals surface area (Å²) in [6, 6.07) is 9.69. The molecule has 1 heterocycles. The molecule has 8 nitrogen and oxygen atoms in total. The Morgan fingerprint density at radius 3 is 2.66 bits per heavy atom. The fraction of sp³-hybridized carbons (Fsp3) is 0.375. The Hall–Kier alpha value is -3.39. The zero-order chi connectivity index (χ0) is 23.3. The van der Waals surface area contributed by atoms with E-state index in [2.05, 4.69) is 5.32 Å². The summed E-state index contributed by atoms with van der Waals surface area (Å²) in [5.74, 6) is 0.121. The molecular weight excluding hydrogens is 412 g/mol. The van der Waals surface area contributed by atoms with Crippen molar-refractivity contribution < 1.29 is 28.6 Å². The van der Waals surface area contributed by atoms with Gasteiger partial charge in [-0.25, -0.2) is 0 Å². The number of rotatable bonds is 9. The molecular formula is C24H28N2O6. The molecule has 0 fully saturated rings. The smallest absolute Gasteiger partial charge is 0.265 e. The van der Waals surface area contributed by atoms with Gasteiger partial charge in [-0.15, -0.1) is 0 Å². The van der Waals surface area contributed by atoms with Crippen LogP contribution in [0, 0.1) is 13.8 Å². The molecule has 0 aliphatic carbocycles. The topological polar surface area (TPSA) is 94.2 Å². The zero-order valence-corrected chi connectivity index (χ0v) is 18.8. The number of hydrogen-bond acceptors (Lipinski definition) is 6. The number of nitrogens with one attached hydrogen (secondary N) is 1. The van der Waals surface area contributed by atoms with Crippen molar-refractivity contribution in [2.75, 3.05) is 38.4 Å². The highest BCUT2D eigenvalue weighted by Crippen LogP contribution is 2.34. The fourth-order valence-corrected chi connectivity index (χ4v) is 3.35. The summed E-state index contributed by atoms with van der Waals surface area (Å²) in [5, 5.41) is 2.73. The fourth-order valence-electron chi connectivity index (χ4n) is 3.35.